The van der Waals surface area contributed by atoms with E-state index in [0.29, 0.717) is 17.1 Å². The van der Waals surface area contributed by atoms with Crippen LogP contribution in [0.4, 0.5) is 23.3 Å². The van der Waals surface area contributed by atoms with E-state index in [2.05, 4.69) is 20.3 Å². The molecule has 5 rings (SSSR count). The van der Waals surface area contributed by atoms with Crippen molar-refractivity contribution in [3.05, 3.63) is 33.9 Å². The molecule has 1 aromatic carbocycles. The van der Waals surface area contributed by atoms with Gasteiger partial charge in [-0.05, 0) is 31.7 Å². The molecule has 0 bridgehead atoms. The maximum Gasteiger partial charge on any atom is 0.315 e. The van der Waals surface area contributed by atoms with Crippen molar-refractivity contribution >= 4 is 29.5 Å². The number of nitrogens with zero attached hydrogens (tertiary/aromatic N) is 6. The van der Waals surface area contributed by atoms with Crippen LogP contribution < -0.4 is 24.7 Å². The summed E-state index contributed by atoms with van der Waals surface area (Å²) in [5.41, 5.74) is 3.41. The third kappa shape index (κ3) is 5.55. The Labute approximate surface area is 204 Å². The number of aromatic nitrogens is 2. The number of benzene rings is 1. The number of nitro benzene ring substituents is 1. The molecular weight excluding hydrogens is 450 g/mol. The Hall–Kier alpha value is -3.63. The van der Waals surface area contributed by atoms with Crippen molar-refractivity contribution in [3.63, 3.8) is 0 Å². The summed E-state index contributed by atoms with van der Waals surface area (Å²) in [4.78, 5) is 25.2. The van der Waals surface area contributed by atoms with Gasteiger partial charge in [-0.25, -0.2) is 0 Å². The third-order valence-corrected chi connectivity index (χ3v) is 6.58. The molecule has 2 fully saturated rings. The summed E-state index contributed by atoms with van der Waals surface area (Å²) in [6, 6.07) is 5.03. The van der Waals surface area contributed by atoms with Crippen LogP contribution in [0.25, 0.3) is 0 Å². The Kier molecular flexibility index (Phi) is 7.10. The number of nitrogens with one attached hydrogen (secondary N) is 1. The zero-order chi connectivity index (χ0) is 24.0. The van der Waals surface area contributed by atoms with Crippen molar-refractivity contribution in [2.24, 2.45) is 5.10 Å². The van der Waals surface area contributed by atoms with E-state index in [0.717, 1.165) is 63.6 Å². The fourth-order valence-corrected chi connectivity index (χ4v) is 4.75. The lowest BCUT2D eigenvalue weighted by Gasteiger charge is -2.25. The molecule has 2 aromatic rings. The number of hydrogen-bond acceptors (Lipinski definition) is 10. The Morgan fingerprint density at radius 1 is 0.914 bits per heavy atom. The fraction of sp³-hybridized carbons (Fsp3) is 0.542. The Morgan fingerprint density at radius 2 is 1.60 bits per heavy atom. The predicted octanol–water partition coefficient (Wildman–Crippen LogP) is 4.32. The molecule has 4 heterocycles. The van der Waals surface area contributed by atoms with Crippen LogP contribution in [0, 0.1) is 10.1 Å². The monoisotopic (exact) mass is 481 g/mol. The zero-order valence-electron chi connectivity index (χ0n) is 19.8. The van der Waals surface area contributed by atoms with Gasteiger partial charge in [0.2, 0.25) is 18.5 Å². The number of nitro groups is 1. The summed E-state index contributed by atoms with van der Waals surface area (Å²) in [5, 5.41) is 15.7. The number of rotatable bonds is 6. The van der Waals surface area contributed by atoms with Gasteiger partial charge in [-0.1, -0.05) is 25.7 Å². The molecule has 3 aliphatic rings. The Balaban J connectivity index is 1.39. The smallest absolute Gasteiger partial charge is 0.315 e. The minimum absolute atomic E-state index is 0.0332. The molecular formula is C24H31N7O4. The van der Waals surface area contributed by atoms with Crippen molar-refractivity contribution in [1.29, 1.82) is 0 Å². The van der Waals surface area contributed by atoms with Crippen LogP contribution in [-0.4, -0.2) is 54.1 Å². The first-order valence-corrected chi connectivity index (χ1v) is 12.4. The summed E-state index contributed by atoms with van der Waals surface area (Å²) >= 11 is 0. The van der Waals surface area contributed by atoms with Crippen LogP contribution in [0.1, 0.15) is 56.9 Å². The SMILES string of the molecule is O=[N+]([O-])c1cc(/C=N/Nc2cc(N3CCCCCC3)nc(N3CCCCCC3)n2)cc2c1OCO2. The molecule has 3 aliphatic heterocycles. The van der Waals surface area contributed by atoms with Gasteiger partial charge < -0.3 is 19.3 Å². The van der Waals surface area contributed by atoms with Gasteiger partial charge in [0.1, 0.15) is 5.82 Å². The van der Waals surface area contributed by atoms with E-state index < -0.39 is 4.92 Å². The zero-order valence-corrected chi connectivity index (χ0v) is 19.8. The van der Waals surface area contributed by atoms with Crippen LogP contribution >= 0.6 is 0 Å². The van der Waals surface area contributed by atoms with E-state index in [1.54, 1.807) is 6.07 Å². The largest absolute Gasteiger partial charge is 0.453 e. The van der Waals surface area contributed by atoms with Crippen molar-refractivity contribution in [3.8, 4) is 11.5 Å². The maximum absolute atomic E-state index is 11.4. The van der Waals surface area contributed by atoms with Gasteiger partial charge in [0.05, 0.1) is 11.1 Å². The van der Waals surface area contributed by atoms with Gasteiger partial charge in [0.15, 0.2) is 11.6 Å². The molecule has 1 aromatic heterocycles. The molecule has 0 aliphatic carbocycles. The number of anilines is 3. The molecule has 2 saturated heterocycles. The molecule has 35 heavy (non-hydrogen) atoms. The van der Waals surface area contributed by atoms with Gasteiger partial charge in [-0.3, -0.25) is 15.5 Å². The van der Waals surface area contributed by atoms with Crippen LogP contribution in [0.2, 0.25) is 0 Å². The van der Waals surface area contributed by atoms with E-state index in [4.69, 9.17) is 19.4 Å². The maximum atomic E-state index is 11.4. The predicted molar refractivity (Wildman–Crippen MR) is 134 cm³/mol. The molecule has 11 heteroatoms. The second kappa shape index (κ2) is 10.7. The lowest BCUT2D eigenvalue weighted by molar-refractivity contribution is -0.385. The van der Waals surface area contributed by atoms with Crippen molar-refractivity contribution < 1.29 is 14.4 Å². The summed E-state index contributed by atoms with van der Waals surface area (Å²) in [7, 11) is 0. The van der Waals surface area contributed by atoms with E-state index in [1.807, 2.05) is 6.07 Å². The van der Waals surface area contributed by atoms with Crippen LogP contribution in [0.3, 0.4) is 0 Å². The van der Waals surface area contributed by atoms with Crippen molar-refractivity contribution in [2.75, 3.05) is 48.2 Å². The average Bonchev–Trinajstić information content (AvgIpc) is 3.05. The van der Waals surface area contributed by atoms with Gasteiger partial charge in [0, 0.05) is 43.9 Å². The van der Waals surface area contributed by atoms with Gasteiger partial charge in [-0.15, -0.1) is 0 Å². The first kappa shape index (κ1) is 23.1. The van der Waals surface area contributed by atoms with Crippen LogP contribution in [0.15, 0.2) is 23.3 Å². The number of hydrazone groups is 1. The van der Waals surface area contributed by atoms with Crippen LogP contribution in [0.5, 0.6) is 11.5 Å². The molecule has 186 valence electrons. The number of ether oxygens (including phenoxy) is 2. The summed E-state index contributed by atoms with van der Waals surface area (Å²) < 4.78 is 10.6. The Morgan fingerprint density at radius 3 is 2.29 bits per heavy atom. The van der Waals surface area contributed by atoms with E-state index in [1.165, 1.54) is 38.0 Å². The molecule has 0 radical (unpaired) electrons. The van der Waals surface area contributed by atoms with Crippen LogP contribution in [-0.2, 0) is 0 Å². The van der Waals surface area contributed by atoms with Gasteiger partial charge in [0.25, 0.3) is 0 Å². The lowest BCUT2D eigenvalue weighted by Crippen LogP contribution is -2.29. The minimum atomic E-state index is -0.483. The molecule has 0 atom stereocenters. The minimum Gasteiger partial charge on any atom is -0.453 e. The summed E-state index contributed by atoms with van der Waals surface area (Å²) in [5.74, 6) is 2.74. The number of hydrogen-bond donors (Lipinski definition) is 1. The van der Waals surface area contributed by atoms with E-state index >= 15 is 0 Å². The molecule has 1 N–H and O–H groups in total. The molecule has 0 spiro atoms. The fourth-order valence-electron chi connectivity index (χ4n) is 4.75. The first-order valence-electron chi connectivity index (χ1n) is 12.4. The lowest BCUT2D eigenvalue weighted by atomic mass is 10.2. The van der Waals surface area contributed by atoms with Gasteiger partial charge >= 0.3 is 5.69 Å². The number of fused-ring (bicyclic) bond motifs is 1. The highest BCUT2D eigenvalue weighted by molar-refractivity contribution is 5.84. The quantitative estimate of drug-likeness (QED) is 0.365. The highest BCUT2D eigenvalue weighted by Crippen LogP contribution is 2.41. The van der Waals surface area contributed by atoms with E-state index in [9.17, 15) is 10.1 Å². The highest BCUT2D eigenvalue weighted by Gasteiger charge is 2.26. The normalized spacial score (nSPS) is 18.4. The molecule has 0 saturated carbocycles. The first-order chi connectivity index (χ1) is 17.2. The molecule has 0 amide bonds. The average molecular weight is 482 g/mol. The molecule has 11 nitrogen and oxygen atoms in total. The highest BCUT2D eigenvalue weighted by atomic mass is 16.7. The standard InChI is InChI=1S/C24H31N7O4/c32-31(33)19-13-18(14-20-23(19)35-17-34-20)16-25-28-21-15-22(29-9-5-1-2-6-10-29)27-24(26-21)30-11-7-3-4-8-12-30/h13-16H,1-12,17H2,(H,26,27,28)/b25-16+. The second-order valence-corrected chi connectivity index (χ2v) is 9.11. The topological polar surface area (TPSA) is 118 Å². The van der Waals surface area contributed by atoms with Crippen molar-refractivity contribution in [1.82, 2.24) is 9.97 Å². The van der Waals surface area contributed by atoms with Crippen molar-refractivity contribution in [2.45, 2.75) is 51.4 Å². The summed E-state index contributed by atoms with van der Waals surface area (Å²) in [6.07, 6.45) is 11.1. The summed E-state index contributed by atoms with van der Waals surface area (Å²) in [6.45, 7) is 3.84. The van der Waals surface area contributed by atoms with E-state index in [-0.39, 0.29) is 18.2 Å². The third-order valence-electron chi connectivity index (χ3n) is 6.58. The molecule has 0 unspecified atom stereocenters. The Bertz CT molecular complexity index is 1040. The second-order valence-electron chi connectivity index (χ2n) is 9.11. The van der Waals surface area contributed by atoms with Gasteiger partial charge in [-0.2, -0.15) is 15.1 Å².